The average Bonchev–Trinajstić information content (AvgIpc) is 2.71. The second kappa shape index (κ2) is 4.69. The molecule has 0 bridgehead atoms. The number of rotatable bonds is 3. The third kappa shape index (κ3) is 2.70. The van der Waals surface area contributed by atoms with Crippen LogP contribution >= 0.6 is 15.9 Å². The Kier molecular flexibility index (Phi) is 3.40. The largest absolute Gasteiger partial charge is 0.278 e. The molecule has 0 unspecified atom stereocenters. The van der Waals surface area contributed by atoms with E-state index in [0.29, 0.717) is 10.3 Å². The van der Waals surface area contributed by atoms with Crippen LogP contribution in [0.15, 0.2) is 34.2 Å². The summed E-state index contributed by atoms with van der Waals surface area (Å²) in [5, 5.41) is 3.83. The number of anilines is 1. The molecule has 2 heterocycles. The molecule has 0 radical (unpaired) electrons. The Morgan fingerprint density at radius 3 is 2.67 bits per heavy atom. The summed E-state index contributed by atoms with van der Waals surface area (Å²) in [6.07, 6.45) is 4.17. The zero-order valence-corrected chi connectivity index (χ0v) is 12.2. The Morgan fingerprint density at radius 2 is 2.11 bits per heavy atom. The second-order valence-corrected chi connectivity index (χ2v) is 6.22. The minimum atomic E-state index is -3.61. The van der Waals surface area contributed by atoms with Crippen molar-refractivity contribution < 1.29 is 8.42 Å². The first-order chi connectivity index (χ1) is 8.38. The lowest BCUT2D eigenvalue weighted by Crippen LogP contribution is -2.12. The minimum Gasteiger partial charge on any atom is -0.278 e. The number of aromatic nitrogens is 3. The summed E-state index contributed by atoms with van der Waals surface area (Å²) in [5.41, 5.74) is 1.26. The van der Waals surface area contributed by atoms with Gasteiger partial charge in [0.25, 0.3) is 10.0 Å². The van der Waals surface area contributed by atoms with Gasteiger partial charge >= 0.3 is 0 Å². The molecule has 0 spiro atoms. The van der Waals surface area contributed by atoms with E-state index >= 15 is 0 Å². The zero-order chi connectivity index (χ0) is 13.3. The maximum absolute atomic E-state index is 12.0. The summed E-state index contributed by atoms with van der Waals surface area (Å²) in [6.45, 7) is 1.83. The smallest absolute Gasteiger partial charge is 0.265 e. The number of nitrogens with one attached hydrogen (secondary N) is 1. The van der Waals surface area contributed by atoms with Crippen LogP contribution in [0.3, 0.4) is 0 Å². The van der Waals surface area contributed by atoms with Gasteiger partial charge in [-0.1, -0.05) is 0 Å². The van der Waals surface area contributed by atoms with E-state index in [9.17, 15) is 8.42 Å². The molecular weight excluding hydrogens is 320 g/mol. The molecule has 2 aromatic rings. The first-order valence-corrected chi connectivity index (χ1v) is 7.30. The average molecular weight is 331 g/mol. The monoisotopic (exact) mass is 330 g/mol. The number of sulfonamides is 1. The first-order valence-electron chi connectivity index (χ1n) is 5.02. The summed E-state index contributed by atoms with van der Waals surface area (Å²) >= 11 is 3.26. The van der Waals surface area contributed by atoms with Gasteiger partial charge in [-0.05, 0) is 34.5 Å². The van der Waals surface area contributed by atoms with Crippen LogP contribution in [0.5, 0.6) is 0 Å². The van der Waals surface area contributed by atoms with E-state index in [1.165, 1.54) is 23.3 Å². The van der Waals surface area contributed by atoms with Crippen molar-refractivity contribution in [2.75, 3.05) is 4.72 Å². The second-order valence-electron chi connectivity index (χ2n) is 3.79. The molecule has 0 fully saturated rings. The highest BCUT2D eigenvalue weighted by molar-refractivity contribution is 9.10. The normalized spacial score (nSPS) is 11.5. The Balaban J connectivity index is 2.30. The van der Waals surface area contributed by atoms with Crippen LogP contribution in [-0.4, -0.2) is 23.2 Å². The zero-order valence-electron chi connectivity index (χ0n) is 9.75. The van der Waals surface area contributed by atoms with E-state index < -0.39 is 10.0 Å². The first kappa shape index (κ1) is 13.0. The van der Waals surface area contributed by atoms with Crippen molar-refractivity contribution in [1.29, 1.82) is 0 Å². The Labute approximate surface area is 113 Å². The highest BCUT2D eigenvalue weighted by Crippen LogP contribution is 2.19. The molecule has 6 nitrogen and oxygen atoms in total. The SMILES string of the molecule is Cc1cc(NS(=O)(=O)c2cnn(C)c2)cnc1Br. The summed E-state index contributed by atoms with van der Waals surface area (Å²) in [5.74, 6) is 0. The van der Waals surface area contributed by atoms with Crippen molar-refractivity contribution >= 4 is 31.6 Å². The molecule has 18 heavy (non-hydrogen) atoms. The van der Waals surface area contributed by atoms with Crippen molar-refractivity contribution in [2.24, 2.45) is 7.05 Å². The predicted molar refractivity (Wildman–Crippen MR) is 70.7 cm³/mol. The van der Waals surface area contributed by atoms with Gasteiger partial charge in [0, 0.05) is 13.2 Å². The van der Waals surface area contributed by atoms with Gasteiger partial charge in [-0.25, -0.2) is 13.4 Å². The van der Waals surface area contributed by atoms with Gasteiger partial charge in [0.1, 0.15) is 9.50 Å². The maximum atomic E-state index is 12.0. The molecule has 2 aromatic heterocycles. The van der Waals surface area contributed by atoms with E-state index in [1.807, 2.05) is 6.92 Å². The standard InChI is InChI=1S/C10H11BrN4O2S/c1-7-3-8(4-12-10(7)11)14-18(16,17)9-5-13-15(2)6-9/h3-6,14H,1-2H3. The summed E-state index contributed by atoms with van der Waals surface area (Å²) in [4.78, 5) is 4.15. The fourth-order valence-corrected chi connectivity index (χ4v) is 2.60. The lowest BCUT2D eigenvalue weighted by Gasteiger charge is -2.07. The molecule has 0 aliphatic heterocycles. The highest BCUT2D eigenvalue weighted by Gasteiger charge is 2.16. The fourth-order valence-electron chi connectivity index (χ4n) is 1.37. The molecular formula is C10H11BrN4O2S. The van der Waals surface area contributed by atoms with Gasteiger partial charge in [0.05, 0.1) is 18.1 Å². The number of halogens is 1. The molecule has 0 saturated heterocycles. The molecule has 0 aromatic carbocycles. The van der Waals surface area contributed by atoms with Crippen molar-refractivity contribution in [3.05, 3.63) is 34.8 Å². The topological polar surface area (TPSA) is 76.9 Å². The summed E-state index contributed by atoms with van der Waals surface area (Å²) in [7, 11) is -1.95. The Bertz CT molecular complexity index is 681. The lowest BCUT2D eigenvalue weighted by molar-refractivity contribution is 0.601. The molecule has 96 valence electrons. The van der Waals surface area contributed by atoms with Crippen LogP contribution in [0.2, 0.25) is 0 Å². The van der Waals surface area contributed by atoms with E-state index in [4.69, 9.17) is 0 Å². The van der Waals surface area contributed by atoms with Gasteiger partial charge in [0.15, 0.2) is 0 Å². The van der Waals surface area contributed by atoms with Crippen LogP contribution in [-0.2, 0) is 17.1 Å². The molecule has 0 amide bonds. The van der Waals surface area contributed by atoms with Gasteiger partial charge in [-0.15, -0.1) is 0 Å². The Morgan fingerprint density at radius 1 is 1.39 bits per heavy atom. The minimum absolute atomic E-state index is 0.116. The van der Waals surface area contributed by atoms with Gasteiger partial charge < -0.3 is 0 Å². The van der Waals surface area contributed by atoms with Crippen LogP contribution in [0.25, 0.3) is 0 Å². The molecule has 0 aliphatic rings. The molecule has 2 rings (SSSR count). The Hall–Kier alpha value is -1.41. The molecule has 1 N–H and O–H groups in total. The van der Waals surface area contributed by atoms with Crippen LogP contribution in [0.1, 0.15) is 5.56 Å². The molecule has 0 aliphatic carbocycles. The number of pyridine rings is 1. The third-order valence-electron chi connectivity index (χ3n) is 2.26. The maximum Gasteiger partial charge on any atom is 0.265 e. The fraction of sp³-hybridized carbons (Fsp3) is 0.200. The third-order valence-corrected chi connectivity index (χ3v) is 4.42. The predicted octanol–water partition coefficient (Wildman–Crippen LogP) is 1.69. The van der Waals surface area contributed by atoms with Crippen molar-refractivity contribution in [3.63, 3.8) is 0 Å². The highest BCUT2D eigenvalue weighted by atomic mass is 79.9. The van der Waals surface area contributed by atoms with Gasteiger partial charge in [-0.3, -0.25) is 9.40 Å². The van der Waals surface area contributed by atoms with E-state index in [2.05, 4.69) is 30.7 Å². The van der Waals surface area contributed by atoms with E-state index in [1.54, 1.807) is 13.1 Å². The lowest BCUT2D eigenvalue weighted by atomic mass is 10.3. The van der Waals surface area contributed by atoms with Crippen molar-refractivity contribution in [1.82, 2.24) is 14.8 Å². The number of hydrogen-bond acceptors (Lipinski definition) is 4. The summed E-state index contributed by atoms with van der Waals surface area (Å²) in [6, 6.07) is 1.70. The van der Waals surface area contributed by atoms with Gasteiger partial charge in [0.2, 0.25) is 0 Å². The van der Waals surface area contributed by atoms with Crippen molar-refractivity contribution in [3.8, 4) is 0 Å². The van der Waals surface area contributed by atoms with E-state index in [0.717, 1.165) is 5.56 Å². The number of nitrogens with zero attached hydrogens (tertiary/aromatic N) is 3. The summed E-state index contributed by atoms with van der Waals surface area (Å²) < 4.78 is 28.6. The van der Waals surface area contributed by atoms with Crippen molar-refractivity contribution in [2.45, 2.75) is 11.8 Å². The number of hydrogen-bond donors (Lipinski definition) is 1. The van der Waals surface area contributed by atoms with E-state index in [-0.39, 0.29) is 4.90 Å². The number of aryl methyl sites for hydroxylation is 2. The van der Waals surface area contributed by atoms with Crippen LogP contribution in [0.4, 0.5) is 5.69 Å². The van der Waals surface area contributed by atoms with Gasteiger partial charge in [-0.2, -0.15) is 5.10 Å². The van der Waals surface area contributed by atoms with Crippen LogP contribution < -0.4 is 4.72 Å². The quantitative estimate of drug-likeness (QED) is 0.869. The van der Waals surface area contributed by atoms with Crippen LogP contribution in [0, 0.1) is 6.92 Å². The molecule has 0 atom stereocenters. The molecule has 8 heteroatoms. The molecule has 0 saturated carbocycles.